The van der Waals surface area contributed by atoms with Crippen molar-refractivity contribution in [2.75, 3.05) is 17.8 Å². The van der Waals surface area contributed by atoms with Crippen LogP contribution >= 0.6 is 23.5 Å². The van der Waals surface area contributed by atoms with Crippen LogP contribution in [-0.2, 0) is 0 Å². The molecule has 0 aliphatic carbocycles. The number of rotatable bonds is 6. The SMILES string of the molecule is CSCCCSc1cccc(C=O)c1. The number of benzene rings is 1. The molecule has 0 amide bonds. The van der Waals surface area contributed by atoms with Crippen LogP contribution in [0.1, 0.15) is 16.8 Å². The summed E-state index contributed by atoms with van der Waals surface area (Å²) in [4.78, 5) is 11.7. The van der Waals surface area contributed by atoms with Crippen LogP contribution in [0.4, 0.5) is 0 Å². The molecule has 1 nitrogen and oxygen atoms in total. The summed E-state index contributed by atoms with van der Waals surface area (Å²) in [6, 6.07) is 7.76. The molecule has 0 atom stereocenters. The van der Waals surface area contributed by atoms with Crippen LogP contribution in [0.5, 0.6) is 0 Å². The number of carbonyl (C=O) groups excluding carboxylic acids is 1. The fraction of sp³-hybridized carbons (Fsp3) is 0.364. The molecule has 0 aliphatic rings. The summed E-state index contributed by atoms with van der Waals surface area (Å²) in [5.41, 5.74) is 0.764. The second-order valence-electron chi connectivity index (χ2n) is 2.89. The molecular formula is C11H14OS2. The summed E-state index contributed by atoms with van der Waals surface area (Å²) in [6.45, 7) is 0. The van der Waals surface area contributed by atoms with Crippen LogP contribution in [0.2, 0.25) is 0 Å². The topological polar surface area (TPSA) is 17.1 Å². The highest BCUT2D eigenvalue weighted by Crippen LogP contribution is 2.19. The lowest BCUT2D eigenvalue weighted by Crippen LogP contribution is -1.84. The van der Waals surface area contributed by atoms with Gasteiger partial charge in [0, 0.05) is 10.5 Å². The van der Waals surface area contributed by atoms with E-state index in [0.717, 1.165) is 17.6 Å². The average Bonchev–Trinajstić information content (AvgIpc) is 2.25. The summed E-state index contributed by atoms with van der Waals surface area (Å²) in [6.07, 6.45) is 4.24. The molecule has 1 rings (SSSR count). The van der Waals surface area contributed by atoms with Crippen molar-refractivity contribution in [2.24, 2.45) is 0 Å². The van der Waals surface area contributed by atoms with Gasteiger partial charge in [0.05, 0.1) is 0 Å². The maximum atomic E-state index is 10.5. The normalized spacial score (nSPS) is 10.1. The third-order valence-electron chi connectivity index (χ3n) is 1.76. The van der Waals surface area contributed by atoms with Crippen LogP contribution in [0, 0.1) is 0 Å². The molecule has 0 radical (unpaired) electrons. The van der Waals surface area contributed by atoms with E-state index in [1.807, 2.05) is 41.7 Å². The zero-order valence-corrected chi connectivity index (χ0v) is 9.87. The van der Waals surface area contributed by atoms with Gasteiger partial charge in [0.1, 0.15) is 6.29 Å². The lowest BCUT2D eigenvalue weighted by molar-refractivity contribution is 0.112. The first-order valence-electron chi connectivity index (χ1n) is 4.54. The number of thioether (sulfide) groups is 2. The minimum absolute atomic E-state index is 0.764. The molecule has 3 heteroatoms. The van der Waals surface area contributed by atoms with Crippen molar-refractivity contribution < 1.29 is 4.79 Å². The van der Waals surface area contributed by atoms with Crippen molar-refractivity contribution in [3.63, 3.8) is 0 Å². The average molecular weight is 226 g/mol. The number of hydrogen-bond donors (Lipinski definition) is 0. The van der Waals surface area contributed by atoms with E-state index in [4.69, 9.17) is 0 Å². The molecule has 0 unspecified atom stereocenters. The maximum absolute atomic E-state index is 10.5. The molecule has 0 fully saturated rings. The van der Waals surface area contributed by atoms with Gasteiger partial charge in [-0.3, -0.25) is 4.79 Å². The van der Waals surface area contributed by atoms with E-state index in [1.54, 1.807) is 0 Å². The highest BCUT2D eigenvalue weighted by Gasteiger charge is 1.95. The van der Waals surface area contributed by atoms with Crippen molar-refractivity contribution in [1.29, 1.82) is 0 Å². The molecular weight excluding hydrogens is 212 g/mol. The van der Waals surface area contributed by atoms with E-state index in [2.05, 4.69) is 12.3 Å². The van der Waals surface area contributed by atoms with Crippen LogP contribution in [0.3, 0.4) is 0 Å². The van der Waals surface area contributed by atoms with E-state index >= 15 is 0 Å². The Bertz CT molecular complexity index is 286. The van der Waals surface area contributed by atoms with Gasteiger partial charge in [0.25, 0.3) is 0 Å². The Balaban J connectivity index is 2.38. The summed E-state index contributed by atoms with van der Waals surface area (Å²) < 4.78 is 0. The van der Waals surface area contributed by atoms with Gasteiger partial charge in [0.2, 0.25) is 0 Å². The van der Waals surface area contributed by atoms with E-state index in [0.29, 0.717) is 0 Å². The van der Waals surface area contributed by atoms with Crippen molar-refractivity contribution in [2.45, 2.75) is 11.3 Å². The molecule has 0 aromatic heterocycles. The Morgan fingerprint density at radius 3 is 2.93 bits per heavy atom. The molecule has 0 saturated carbocycles. The third-order valence-corrected chi connectivity index (χ3v) is 3.53. The Morgan fingerprint density at radius 1 is 1.36 bits per heavy atom. The van der Waals surface area contributed by atoms with E-state index < -0.39 is 0 Å². The first-order chi connectivity index (χ1) is 6.86. The minimum Gasteiger partial charge on any atom is -0.298 e. The highest BCUT2D eigenvalue weighted by atomic mass is 32.2. The summed E-state index contributed by atoms with van der Waals surface area (Å²) >= 11 is 3.69. The van der Waals surface area contributed by atoms with Crippen LogP contribution in [0.15, 0.2) is 29.2 Å². The number of carbonyl (C=O) groups is 1. The first kappa shape index (κ1) is 11.7. The quantitative estimate of drug-likeness (QED) is 0.421. The van der Waals surface area contributed by atoms with Crippen LogP contribution < -0.4 is 0 Å². The Labute approximate surface area is 93.7 Å². The monoisotopic (exact) mass is 226 g/mol. The molecule has 0 bridgehead atoms. The lowest BCUT2D eigenvalue weighted by atomic mass is 10.2. The zero-order valence-electron chi connectivity index (χ0n) is 8.23. The van der Waals surface area contributed by atoms with Gasteiger partial charge in [-0.25, -0.2) is 0 Å². The van der Waals surface area contributed by atoms with E-state index in [-0.39, 0.29) is 0 Å². The van der Waals surface area contributed by atoms with Gasteiger partial charge in [-0.1, -0.05) is 12.1 Å². The minimum atomic E-state index is 0.764. The predicted molar refractivity (Wildman–Crippen MR) is 65.6 cm³/mol. The van der Waals surface area contributed by atoms with Gasteiger partial charge in [-0.15, -0.1) is 11.8 Å². The van der Waals surface area contributed by atoms with Crippen molar-refractivity contribution in [3.8, 4) is 0 Å². The zero-order chi connectivity index (χ0) is 10.2. The molecule has 1 aromatic rings. The number of hydrogen-bond acceptors (Lipinski definition) is 3. The fourth-order valence-corrected chi connectivity index (χ4v) is 2.61. The largest absolute Gasteiger partial charge is 0.298 e. The first-order valence-corrected chi connectivity index (χ1v) is 6.91. The van der Waals surface area contributed by atoms with Crippen LogP contribution in [0.25, 0.3) is 0 Å². The van der Waals surface area contributed by atoms with Gasteiger partial charge in [-0.05, 0) is 36.3 Å². The second-order valence-corrected chi connectivity index (χ2v) is 5.04. The Kier molecular flexibility index (Phi) is 5.80. The second kappa shape index (κ2) is 6.96. The van der Waals surface area contributed by atoms with Crippen molar-refractivity contribution in [3.05, 3.63) is 29.8 Å². The van der Waals surface area contributed by atoms with Gasteiger partial charge < -0.3 is 0 Å². The molecule has 0 saturated heterocycles. The summed E-state index contributed by atoms with van der Waals surface area (Å²) in [7, 11) is 0. The van der Waals surface area contributed by atoms with Gasteiger partial charge in [0.15, 0.2) is 0 Å². The maximum Gasteiger partial charge on any atom is 0.150 e. The standard InChI is InChI=1S/C11H14OS2/c1-13-6-3-7-14-11-5-2-4-10(8-11)9-12/h2,4-5,8-9H,3,6-7H2,1H3. The van der Waals surface area contributed by atoms with Gasteiger partial charge >= 0.3 is 0 Å². The molecule has 14 heavy (non-hydrogen) atoms. The third kappa shape index (κ3) is 4.20. The fourth-order valence-electron chi connectivity index (χ4n) is 1.07. The number of aldehydes is 1. The van der Waals surface area contributed by atoms with E-state index in [1.165, 1.54) is 17.1 Å². The molecule has 0 N–H and O–H groups in total. The molecule has 0 heterocycles. The lowest BCUT2D eigenvalue weighted by Gasteiger charge is -2.01. The van der Waals surface area contributed by atoms with Crippen LogP contribution in [-0.4, -0.2) is 24.0 Å². The van der Waals surface area contributed by atoms with Crippen molar-refractivity contribution >= 4 is 29.8 Å². The predicted octanol–water partition coefficient (Wildman–Crippen LogP) is 3.34. The smallest absolute Gasteiger partial charge is 0.150 e. The summed E-state index contributed by atoms with van der Waals surface area (Å²) in [5.74, 6) is 2.34. The molecule has 0 spiro atoms. The summed E-state index contributed by atoms with van der Waals surface area (Å²) in [5, 5.41) is 0. The highest BCUT2D eigenvalue weighted by molar-refractivity contribution is 7.99. The van der Waals surface area contributed by atoms with Crippen molar-refractivity contribution in [1.82, 2.24) is 0 Å². The molecule has 1 aromatic carbocycles. The molecule has 0 aliphatic heterocycles. The molecule has 76 valence electrons. The Morgan fingerprint density at radius 2 is 2.21 bits per heavy atom. The van der Waals surface area contributed by atoms with E-state index in [9.17, 15) is 4.79 Å². The Hall–Kier alpha value is -0.410. The van der Waals surface area contributed by atoms with Gasteiger partial charge in [-0.2, -0.15) is 11.8 Å².